The average molecular weight is 1060 g/mol. The van der Waals surface area contributed by atoms with Crippen molar-refractivity contribution in [1.29, 1.82) is 0 Å². The monoisotopic (exact) mass is 1060 g/mol. The van der Waals surface area contributed by atoms with Crippen molar-refractivity contribution in [2.45, 2.75) is 187 Å². The molecule has 0 radical (unpaired) electrons. The molecule has 9 aromatic rings. The minimum absolute atomic E-state index is 0.750. The summed E-state index contributed by atoms with van der Waals surface area (Å²) >= 11 is 3.52. The molecule has 0 unspecified atom stereocenters. The van der Waals surface area contributed by atoms with E-state index in [1.54, 1.807) is 22.7 Å². The Morgan fingerprint density at radius 2 is 0.568 bits per heavy atom. The van der Waals surface area contributed by atoms with Crippen LogP contribution in [0, 0.1) is 187 Å². The largest absolute Gasteiger partial charge is 0.446 e. The van der Waals surface area contributed by atoms with E-state index in [1.165, 1.54) is 53.7 Å². The maximum atomic E-state index is 5.10. The summed E-state index contributed by atoms with van der Waals surface area (Å²) in [5, 5.41) is 22.0. The average Bonchev–Trinajstić information content (AvgIpc) is 4.23. The molecule has 0 fully saturated rings. The molecule has 0 aromatic carbocycles. The lowest BCUT2D eigenvalue weighted by Gasteiger charge is -1.90. The first-order valence-corrected chi connectivity index (χ1v) is 26.1. The van der Waals surface area contributed by atoms with Gasteiger partial charge >= 0.3 is 0 Å². The van der Waals surface area contributed by atoms with Crippen LogP contribution in [0.2, 0.25) is 0 Å². The van der Waals surface area contributed by atoms with E-state index in [-0.39, 0.29) is 0 Å². The standard InChI is InChI=1S/2C7H12N2.5C6H9NO.2C6H9NS/c2*1-5-6(2)8-9(4)7(5)3;2*1-4-5(2)8-6(3)7-4;3*1-4-5(2)7-8-6(4)3;2*1-4-5(2)8-6(3)7-4/h2*1-4H3;7*1-3H3. The summed E-state index contributed by atoms with van der Waals surface area (Å²) in [5.74, 6) is 6.09. The van der Waals surface area contributed by atoms with Crippen molar-refractivity contribution in [3.05, 3.63) is 151 Å². The Hall–Kier alpha value is -6.27. The van der Waals surface area contributed by atoms with Crippen LogP contribution in [0.25, 0.3) is 0 Å². The smallest absolute Gasteiger partial charge is 0.191 e. The van der Waals surface area contributed by atoms with Gasteiger partial charge in [0.05, 0.1) is 61.3 Å². The zero-order chi connectivity index (χ0) is 57.1. The maximum absolute atomic E-state index is 5.10. The van der Waals surface area contributed by atoms with Crippen LogP contribution in [0.3, 0.4) is 0 Å². The van der Waals surface area contributed by atoms with Crippen molar-refractivity contribution in [2.24, 2.45) is 14.1 Å². The lowest BCUT2D eigenvalue weighted by Crippen LogP contribution is -1.92. The molecule has 74 heavy (non-hydrogen) atoms. The fourth-order valence-electron chi connectivity index (χ4n) is 5.88. The summed E-state index contributed by atoms with van der Waals surface area (Å²) in [6.45, 7) is 53.7. The van der Waals surface area contributed by atoms with Gasteiger partial charge in [-0.15, -0.1) is 22.7 Å². The number of thiazole rings is 2. The highest BCUT2D eigenvalue weighted by Crippen LogP contribution is 2.16. The van der Waals surface area contributed by atoms with Gasteiger partial charge in [0.2, 0.25) is 0 Å². The van der Waals surface area contributed by atoms with Crippen molar-refractivity contribution in [2.75, 3.05) is 0 Å². The van der Waals surface area contributed by atoms with Gasteiger partial charge in [-0.05, 0) is 184 Å². The molecule has 16 nitrogen and oxygen atoms in total. The van der Waals surface area contributed by atoms with Crippen LogP contribution in [-0.4, -0.2) is 55.0 Å². The van der Waals surface area contributed by atoms with Gasteiger partial charge in [-0.1, -0.05) is 15.5 Å². The van der Waals surface area contributed by atoms with Crippen LogP contribution in [0.1, 0.15) is 151 Å². The fourth-order valence-corrected chi connectivity index (χ4v) is 7.52. The molecule has 0 saturated carbocycles. The normalized spacial score (nSPS) is 9.96. The summed E-state index contributed by atoms with van der Waals surface area (Å²) in [4.78, 5) is 19.2. The van der Waals surface area contributed by atoms with E-state index in [1.807, 2.05) is 169 Å². The van der Waals surface area contributed by atoms with Crippen molar-refractivity contribution in [3.63, 3.8) is 0 Å². The minimum atomic E-state index is 0.750. The topological polar surface area (TPSA) is 192 Å². The highest BCUT2D eigenvalue weighted by Gasteiger charge is 2.05. The molecule has 0 aliphatic rings. The zero-order valence-corrected chi connectivity index (χ0v) is 51.9. The lowest BCUT2D eigenvalue weighted by molar-refractivity contribution is 0.392. The van der Waals surface area contributed by atoms with Crippen LogP contribution in [0.15, 0.2) is 22.4 Å². The number of rotatable bonds is 0. The molecule has 9 rings (SSSR count). The van der Waals surface area contributed by atoms with Gasteiger partial charge in [0, 0.05) is 65.8 Å². The van der Waals surface area contributed by atoms with Gasteiger partial charge in [0.15, 0.2) is 11.8 Å². The first-order chi connectivity index (χ1) is 34.2. The van der Waals surface area contributed by atoms with Crippen LogP contribution in [0.5, 0.6) is 0 Å². The number of nitrogens with zero attached hydrogens (tertiary/aromatic N) is 11. The molecule has 408 valence electrons. The highest BCUT2D eigenvalue weighted by atomic mass is 32.1. The zero-order valence-electron chi connectivity index (χ0n) is 50.3. The number of aromatic nitrogens is 11. The summed E-state index contributed by atoms with van der Waals surface area (Å²) in [5.41, 5.74) is 18.2. The summed E-state index contributed by atoms with van der Waals surface area (Å²) in [7, 11) is 3.94. The maximum Gasteiger partial charge on any atom is 0.191 e. The van der Waals surface area contributed by atoms with E-state index in [4.69, 9.17) is 22.4 Å². The second kappa shape index (κ2) is 30.8. The molecule has 0 aliphatic heterocycles. The molecule has 0 bridgehead atoms. The number of hydrogen-bond acceptors (Lipinski definition) is 16. The summed E-state index contributed by atoms with van der Waals surface area (Å²) in [6, 6.07) is 0. The van der Waals surface area contributed by atoms with E-state index >= 15 is 0 Å². The molecule has 0 spiro atoms. The van der Waals surface area contributed by atoms with E-state index in [2.05, 4.69) is 87.1 Å². The summed E-state index contributed by atoms with van der Waals surface area (Å²) in [6.07, 6.45) is 0. The Morgan fingerprint density at radius 3 is 0.622 bits per heavy atom. The molecule has 0 saturated heterocycles. The van der Waals surface area contributed by atoms with E-state index in [9.17, 15) is 0 Å². The van der Waals surface area contributed by atoms with Gasteiger partial charge < -0.3 is 22.4 Å². The molecule has 0 N–H and O–H groups in total. The predicted octanol–water partition coefficient (Wildman–Crippen LogP) is 14.8. The Labute approximate surface area is 449 Å². The third kappa shape index (κ3) is 21.7. The van der Waals surface area contributed by atoms with Crippen LogP contribution in [0.4, 0.5) is 0 Å². The van der Waals surface area contributed by atoms with Crippen LogP contribution in [-0.2, 0) is 14.1 Å². The Morgan fingerprint density at radius 1 is 0.297 bits per heavy atom. The molecule has 9 heterocycles. The van der Waals surface area contributed by atoms with Crippen molar-refractivity contribution in [3.8, 4) is 0 Å². The Bertz CT molecular complexity index is 2570. The van der Waals surface area contributed by atoms with Crippen molar-refractivity contribution in [1.82, 2.24) is 55.0 Å². The Balaban J connectivity index is 0.000000416. The number of aryl methyl sites for hydroxylation is 22. The first-order valence-electron chi connectivity index (χ1n) is 24.4. The fraction of sp³-hybridized carbons (Fsp3) is 0.518. The summed E-state index contributed by atoms with van der Waals surface area (Å²) < 4.78 is 28.6. The second-order valence-electron chi connectivity index (χ2n) is 18.2. The Kier molecular flexibility index (Phi) is 27.4. The first kappa shape index (κ1) is 65.7. The molecular formula is C56H87N11O5S2. The van der Waals surface area contributed by atoms with Crippen molar-refractivity contribution < 1.29 is 22.4 Å². The third-order valence-electron chi connectivity index (χ3n) is 12.5. The number of oxazole rings is 2. The van der Waals surface area contributed by atoms with Gasteiger partial charge in [0.25, 0.3) is 0 Å². The number of hydrogen-bond donors (Lipinski definition) is 0. The van der Waals surface area contributed by atoms with Gasteiger partial charge in [0.1, 0.15) is 28.8 Å². The molecule has 18 heteroatoms. The highest BCUT2D eigenvalue weighted by molar-refractivity contribution is 7.11. The molecule has 0 amide bonds. The second-order valence-corrected chi connectivity index (χ2v) is 21.0. The van der Waals surface area contributed by atoms with Crippen molar-refractivity contribution >= 4 is 22.7 Å². The van der Waals surface area contributed by atoms with E-state index in [0.29, 0.717) is 0 Å². The van der Waals surface area contributed by atoms with E-state index in [0.717, 1.165) is 97.1 Å². The van der Waals surface area contributed by atoms with Gasteiger partial charge in [-0.2, -0.15) is 10.2 Å². The van der Waals surface area contributed by atoms with Crippen LogP contribution >= 0.6 is 22.7 Å². The molecule has 9 aromatic heterocycles. The molecule has 0 atom stereocenters. The molecular weight excluding hydrogens is 971 g/mol. The quantitative estimate of drug-likeness (QED) is 0.139. The lowest BCUT2D eigenvalue weighted by atomic mass is 10.2. The minimum Gasteiger partial charge on any atom is -0.446 e. The van der Waals surface area contributed by atoms with Gasteiger partial charge in [-0.25, -0.2) is 19.9 Å². The predicted molar refractivity (Wildman–Crippen MR) is 301 cm³/mol. The third-order valence-corrected chi connectivity index (χ3v) is 14.4. The SMILES string of the molecule is Cc1nc(C)c(C)o1.Cc1nc(C)c(C)o1.Cc1nc(C)c(C)s1.Cc1nc(C)c(C)s1.Cc1nn(C)c(C)c1C.Cc1nn(C)c(C)c1C.Cc1noc(C)c1C.Cc1noc(C)c1C.Cc1noc(C)c1C. The van der Waals surface area contributed by atoms with Gasteiger partial charge in [-0.3, -0.25) is 9.36 Å². The molecule has 0 aliphatic carbocycles. The van der Waals surface area contributed by atoms with E-state index < -0.39 is 0 Å². The van der Waals surface area contributed by atoms with Crippen LogP contribution < -0.4 is 0 Å².